The normalized spacial score (nSPS) is 11.0. The summed E-state index contributed by atoms with van der Waals surface area (Å²) in [6.45, 7) is 2.06. The molecular formula is C17H23N3O5. The molecule has 25 heavy (non-hydrogen) atoms. The van der Waals surface area contributed by atoms with Crippen LogP contribution < -0.4 is 10.6 Å². The van der Waals surface area contributed by atoms with E-state index in [-0.39, 0.29) is 18.1 Å². The molecule has 0 saturated carbocycles. The van der Waals surface area contributed by atoms with Crippen LogP contribution in [0.15, 0.2) is 30.0 Å². The molecule has 1 amide bonds. The highest BCUT2D eigenvalue weighted by atomic mass is 16.5. The van der Waals surface area contributed by atoms with Crippen LogP contribution in [0.3, 0.4) is 0 Å². The van der Waals surface area contributed by atoms with Gasteiger partial charge in [0.05, 0.1) is 26.8 Å². The molecule has 0 unspecified atom stereocenters. The highest BCUT2D eigenvalue weighted by Gasteiger charge is 2.14. The van der Waals surface area contributed by atoms with Crippen LogP contribution in [-0.4, -0.2) is 57.6 Å². The van der Waals surface area contributed by atoms with Crippen molar-refractivity contribution in [1.29, 1.82) is 0 Å². The maximum absolute atomic E-state index is 11.9. The summed E-state index contributed by atoms with van der Waals surface area (Å²) < 4.78 is 9.19. The van der Waals surface area contributed by atoms with Crippen molar-refractivity contribution in [3.8, 4) is 0 Å². The highest BCUT2D eigenvalue weighted by molar-refractivity contribution is 5.99. The summed E-state index contributed by atoms with van der Waals surface area (Å²) >= 11 is 0. The quantitative estimate of drug-likeness (QED) is 0.563. The Hall–Kier alpha value is -2.87. The van der Waals surface area contributed by atoms with Gasteiger partial charge in [-0.05, 0) is 38.7 Å². The summed E-state index contributed by atoms with van der Waals surface area (Å²) in [7, 11) is 6.00. The molecule has 0 fully saturated rings. The van der Waals surface area contributed by atoms with Gasteiger partial charge in [-0.1, -0.05) is 6.07 Å². The third-order valence-electron chi connectivity index (χ3n) is 3.12. The number of carbonyl (C=O) groups excluding carboxylic acids is 3. The molecule has 0 atom stereocenters. The summed E-state index contributed by atoms with van der Waals surface area (Å²) in [6.07, 6.45) is 1.00. The Morgan fingerprint density at radius 2 is 1.80 bits per heavy atom. The first kappa shape index (κ1) is 20.2. The lowest BCUT2D eigenvalue weighted by atomic mass is 10.1. The molecule has 0 aromatic heterocycles. The fourth-order valence-corrected chi connectivity index (χ4v) is 1.90. The molecule has 0 aliphatic carbocycles. The van der Waals surface area contributed by atoms with E-state index >= 15 is 0 Å². The number of nitrogens with one attached hydrogen (secondary N) is 2. The molecule has 1 aromatic rings. The maximum atomic E-state index is 11.9. The minimum atomic E-state index is -0.716. The van der Waals surface area contributed by atoms with Crippen molar-refractivity contribution in [3.05, 3.63) is 35.5 Å². The van der Waals surface area contributed by atoms with E-state index in [2.05, 4.69) is 20.1 Å². The molecule has 1 rings (SSSR count). The van der Waals surface area contributed by atoms with Crippen molar-refractivity contribution >= 4 is 29.2 Å². The summed E-state index contributed by atoms with van der Waals surface area (Å²) in [4.78, 5) is 36.9. The number of ether oxygens (including phenoxy) is 2. The molecule has 0 saturated heterocycles. The zero-order valence-corrected chi connectivity index (χ0v) is 15.0. The molecule has 8 heteroatoms. The zero-order chi connectivity index (χ0) is 19.0. The van der Waals surface area contributed by atoms with Gasteiger partial charge in [0.1, 0.15) is 5.70 Å². The van der Waals surface area contributed by atoms with Crippen molar-refractivity contribution in [2.45, 2.75) is 6.92 Å². The SMILES string of the molecule is COC(=O)/C=C(/Nc1cc(NC(=O)CN(C)C)ccc1C)C(=O)OC. The first-order valence-corrected chi connectivity index (χ1v) is 7.47. The van der Waals surface area contributed by atoms with E-state index < -0.39 is 11.9 Å². The number of hydrogen-bond donors (Lipinski definition) is 2. The van der Waals surface area contributed by atoms with Gasteiger partial charge in [-0.25, -0.2) is 9.59 Å². The minimum Gasteiger partial charge on any atom is -0.466 e. The van der Waals surface area contributed by atoms with Gasteiger partial charge in [0.2, 0.25) is 5.91 Å². The number of hydrogen-bond acceptors (Lipinski definition) is 7. The Labute approximate surface area is 146 Å². The number of likely N-dealkylation sites (N-methyl/N-ethyl adjacent to an activating group) is 1. The fourth-order valence-electron chi connectivity index (χ4n) is 1.90. The smallest absolute Gasteiger partial charge is 0.354 e. The number of rotatable bonds is 7. The molecular weight excluding hydrogens is 326 g/mol. The van der Waals surface area contributed by atoms with E-state index in [1.807, 2.05) is 6.92 Å². The fraction of sp³-hybridized carbons (Fsp3) is 0.353. The number of anilines is 2. The number of benzene rings is 1. The number of carbonyl (C=O) groups is 3. The molecule has 0 heterocycles. The molecule has 1 aromatic carbocycles. The molecule has 0 aliphatic rings. The van der Waals surface area contributed by atoms with E-state index in [0.717, 1.165) is 11.6 Å². The first-order valence-electron chi connectivity index (χ1n) is 7.47. The number of nitrogens with zero attached hydrogens (tertiary/aromatic N) is 1. The first-order chi connectivity index (χ1) is 11.8. The molecule has 136 valence electrons. The van der Waals surface area contributed by atoms with Gasteiger partial charge in [-0.3, -0.25) is 4.79 Å². The van der Waals surface area contributed by atoms with Crippen LogP contribution in [0.5, 0.6) is 0 Å². The molecule has 8 nitrogen and oxygen atoms in total. The predicted molar refractivity (Wildman–Crippen MR) is 94.1 cm³/mol. The molecule has 0 aliphatic heterocycles. The lowest BCUT2D eigenvalue weighted by Crippen LogP contribution is -2.27. The molecule has 0 bridgehead atoms. The monoisotopic (exact) mass is 349 g/mol. The van der Waals surface area contributed by atoms with E-state index in [0.29, 0.717) is 11.4 Å². The van der Waals surface area contributed by atoms with Crippen molar-refractivity contribution in [2.24, 2.45) is 0 Å². The van der Waals surface area contributed by atoms with Gasteiger partial charge in [0.15, 0.2) is 0 Å². The van der Waals surface area contributed by atoms with E-state index in [9.17, 15) is 14.4 Å². The Balaban J connectivity index is 3.04. The van der Waals surface area contributed by atoms with Gasteiger partial charge in [0, 0.05) is 11.4 Å². The second kappa shape index (κ2) is 9.43. The largest absolute Gasteiger partial charge is 0.466 e. The topological polar surface area (TPSA) is 97.0 Å². The summed E-state index contributed by atoms with van der Waals surface area (Å²) in [5.74, 6) is -1.58. The van der Waals surface area contributed by atoms with Gasteiger partial charge >= 0.3 is 11.9 Å². The second-order valence-corrected chi connectivity index (χ2v) is 5.51. The number of methoxy groups -OCH3 is 2. The Morgan fingerprint density at radius 1 is 1.12 bits per heavy atom. The van der Waals surface area contributed by atoms with Crippen molar-refractivity contribution in [2.75, 3.05) is 45.5 Å². The predicted octanol–water partition coefficient (Wildman–Crippen LogP) is 1.14. The number of esters is 2. The summed E-state index contributed by atoms with van der Waals surface area (Å²) in [5, 5.41) is 5.60. The van der Waals surface area contributed by atoms with Crippen molar-refractivity contribution in [1.82, 2.24) is 4.90 Å². The Bertz CT molecular complexity index is 683. The third-order valence-corrected chi connectivity index (χ3v) is 3.12. The standard InChI is InChI=1S/C17H23N3O5/c1-11-6-7-12(18-15(21)10-20(2)3)8-13(11)19-14(17(23)25-5)9-16(22)24-4/h6-9,19H,10H2,1-5H3,(H,18,21)/b14-9+. The maximum Gasteiger partial charge on any atom is 0.354 e. The van der Waals surface area contributed by atoms with E-state index in [1.165, 1.54) is 14.2 Å². The Morgan fingerprint density at radius 3 is 2.36 bits per heavy atom. The second-order valence-electron chi connectivity index (χ2n) is 5.51. The average Bonchev–Trinajstić information content (AvgIpc) is 2.55. The van der Waals surface area contributed by atoms with Crippen LogP contribution in [0, 0.1) is 6.92 Å². The van der Waals surface area contributed by atoms with Crippen molar-refractivity contribution < 1.29 is 23.9 Å². The highest BCUT2D eigenvalue weighted by Crippen LogP contribution is 2.22. The number of amides is 1. The van der Waals surface area contributed by atoms with Crippen LogP contribution in [0.4, 0.5) is 11.4 Å². The minimum absolute atomic E-state index is 0.0748. The van der Waals surface area contributed by atoms with Crippen LogP contribution in [0.25, 0.3) is 0 Å². The lowest BCUT2D eigenvalue weighted by Gasteiger charge is -2.14. The van der Waals surface area contributed by atoms with E-state index in [4.69, 9.17) is 0 Å². The average molecular weight is 349 g/mol. The van der Waals surface area contributed by atoms with Crippen LogP contribution in [-0.2, 0) is 23.9 Å². The van der Waals surface area contributed by atoms with Crippen LogP contribution in [0.1, 0.15) is 5.56 Å². The van der Waals surface area contributed by atoms with Crippen LogP contribution >= 0.6 is 0 Å². The van der Waals surface area contributed by atoms with Gasteiger partial charge < -0.3 is 25.0 Å². The van der Waals surface area contributed by atoms with Crippen molar-refractivity contribution in [3.63, 3.8) is 0 Å². The van der Waals surface area contributed by atoms with Gasteiger partial charge in [-0.2, -0.15) is 0 Å². The third kappa shape index (κ3) is 6.64. The zero-order valence-electron chi connectivity index (χ0n) is 15.0. The molecule has 0 radical (unpaired) electrons. The number of aryl methyl sites for hydroxylation is 1. The molecule has 2 N–H and O–H groups in total. The lowest BCUT2D eigenvalue weighted by molar-refractivity contribution is -0.138. The van der Waals surface area contributed by atoms with Gasteiger partial charge in [0.25, 0.3) is 0 Å². The summed E-state index contributed by atoms with van der Waals surface area (Å²) in [6, 6.07) is 5.19. The van der Waals surface area contributed by atoms with Gasteiger partial charge in [-0.15, -0.1) is 0 Å². The Kier molecular flexibility index (Phi) is 7.61. The summed E-state index contributed by atoms with van der Waals surface area (Å²) in [5.41, 5.74) is 1.84. The van der Waals surface area contributed by atoms with Crippen LogP contribution in [0.2, 0.25) is 0 Å². The van der Waals surface area contributed by atoms with E-state index in [1.54, 1.807) is 37.2 Å². The molecule has 0 spiro atoms.